The first-order valence-electron chi connectivity index (χ1n) is 10.3. The predicted molar refractivity (Wildman–Crippen MR) is 114 cm³/mol. The molecule has 0 spiro atoms. The molecule has 1 aliphatic heterocycles. The molecule has 4 aromatic rings. The van der Waals surface area contributed by atoms with Crippen LogP contribution in [0.3, 0.4) is 0 Å². The number of ether oxygens (including phenoxy) is 1. The van der Waals surface area contributed by atoms with Crippen LogP contribution in [-0.4, -0.2) is 46.7 Å². The van der Waals surface area contributed by atoms with E-state index < -0.39 is 0 Å². The minimum atomic E-state index is 0.182. The highest BCUT2D eigenvalue weighted by molar-refractivity contribution is 5.77. The third kappa shape index (κ3) is 3.53. The Hall–Kier alpha value is -2.97. The van der Waals surface area contributed by atoms with E-state index in [1.54, 1.807) is 0 Å². The lowest BCUT2D eigenvalue weighted by Gasteiger charge is -2.31. The Kier molecular flexibility index (Phi) is 4.88. The van der Waals surface area contributed by atoms with E-state index >= 15 is 0 Å². The summed E-state index contributed by atoms with van der Waals surface area (Å²) < 4.78 is 12.5. The van der Waals surface area contributed by atoms with Crippen LogP contribution in [0.5, 0.6) is 0 Å². The largest absolute Gasteiger partial charge is 0.371 e. The SMILES string of the molecule is Cc1ccc2nc3n(c2c1)[C@@H](CN(Cc1nccn1C)Cc1nccn1C)COC3. The van der Waals surface area contributed by atoms with Crippen molar-refractivity contribution in [3.8, 4) is 0 Å². The number of benzene rings is 1. The van der Waals surface area contributed by atoms with Crippen molar-refractivity contribution in [1.82, 2.24) is 33.6 Å². The van der Waals surface area contributed by atoms with Crippen LogP contribution in [0.4, 0.5) is 0 Å². The topological polar surface area (TPSA) is 65.9 Å². The maximum atomic E-state index is 5.94. The van der Waals surface area contributed by atoms with Crippen molar-refractivity contribution >= 4 is 11.0 Å². The fraction of sp³-hybridized carbons (Fsp3) is 0.409. The average Bonchev–Trinajstić information content (AvgIpc) is 3.42. The van der Waals surface area contributed by atoms with Crippen LogP contribution < -0.4 is 0 Å². The highest BCUT2D eigenvalue weighted by atomic mass is 16.5. The van der Waals surface area contributed by atoms with Gasteiger partial charge >= 0.3 is 0 Å². The summed E-state index contributed by atoms with van der Waals surface area (Å²) in [5.74, 6) is 3.07. The van der Waals surface area contributed by atoms with Gasteiger partial charge in [-0.1, -0.05) is 6.07 Å². The molecule has 8 heteroatoms. The maximum absolute atomic E-state index is 5.94. The summed E-state index contributed by atoms with van der Waals surface area (Å²) >= 11 is 0. The second-order valence-electron chi connectivity index (χ2n) is 8.14. The summed E-state index contributed by atoms with van der Waals surface area (Å²) in [6, 6.07) is 6.63. The van der Waals surface area contributed by atoms with E-state index in [2.05, 4.69) is 53.7 Å². The van der Waals surface area contributed by atoms with Crippen LogP contribution in [0.15, 0.2) is 43.0 Å². The molecule has 5 rings (SSSR count). The van der Waals surface area contributed by atoms with Gasteiger partial charge in [-0.3, -0.25) is 4.90 Å². The van der Waals surface area contributed by atoms with Crippen LogP contribution >= 0.6 is 0 Å². The smallest absolute Gasteiger partial charge is 0.136 e. The van der Waals surface area contributed by atoms with Gasteiger partial charge in [0, 0.05) is 45.4 Å². The van der Waals surface area contributed by atoms with Crippen molar-refractivity contribution in [3.05, 3.63) is 66.0 Å². The zero-order valence-corrected chi connectivity index (χ0v) is 17.7. The molecule has 1 atom stereocenters. The lowest BCUT2D eigenvalue weighted by molar-refractivity contribution is 0.0392. The Morgan fingerprint density at radius 3 is 2.40 bits per heavy atom. The summed E-state index contributed by atoms with van der Waals surface area (Å²) in [6.07, 6.45) is 7.68. The third-order valence-corrected chi connectivity index (χ3v) is 5.87. The van der Waals surface area contributed by atoms with E-state index in [-0.39, 0.29) is 6.04 Å². The zero-order chi connectivity index (χ0) is 20.7. The molecule has 1 aromatic carbocycles. The van der Waals surface area contributed by atoms with Crippen LogP contribution in [0.2, 0.25) is 0 Å². The fourth-order valence-corrected chi connectivity index (χ4v) is 4.24. The van der Waals surface area contributed by atoms with E-state index in [1.807, 2.05) is 38.9 Å². The quantitative estimate of drug-likeness (QED) is 0.493. The minimum absolute atomic E-state index is 0.182. The van der Waals surface area contributed by atoms with E-state index in [0.29, 0.717) is 13.2 Å². The molecule has 0 fully saturated rings. The number of aromatic nitrogens is 6. The number of hydrogen-bond acceptors (Lipinski definition) is 5. The summed E-state index contributed by atoms with van der Waals surface area (Å²) in [5.41, 5.74) is 3.46. The first-order chi connectivity index (χ1) is 14.6. The molecular weight excluding hydrogens is 378 g/mol. The predicted octanol–water partition coefficient (Wildman–Crippen LogP) is 2.59. The van der Waals surface area contributed by atoms with E-state index in [4.69, 9.17) is 9.72 Å². The summed E-state index contributed by atoms with van der Waals surface area (Å²) in [4.78, 5) is 16.3. The Morgan fingerprint density at radius 2 is 1.77 bits per heavy atom. The molecule has 3 aromatic heterocycles. The van der Waals surface area contributed by atoms with Gasteiger partial charge < -0.3 is 18.4 Å². The average molecular weight is 406 g/mol. The number of imidazole rings is 3. The van der Waals surface area contributed by atoms with Gasteiger partial charge in [-0.2, -0.15) is 0 Å². The van der Waals surface area contributed by atoms with Crippen molar-refractivity contribution in [1.29, 1.82) is 0 Å². The van der Waals surface area contributed by atoms with Gasteiger partial charge in [0.05, 0.1) is 36.8 Å². The van der Waals surface area contributed by atoms with Crippen LogP contribution in [0.1, 0.15) is 29.1 Å². The first-order valence-corrected chi connectivity index (χ1v) is 10.3. The van der Waals surface area contributed by atoms with Gasteiger partial charge in [0.25, 0.3) is 0 Å². The van der Waals surface area contributed by atoms with Crippen molar-refractivity contribution in [2.75, 3.05) is 13.2 Å². The highest BCUT2D eigenvalue weighted by Gasteiger charge is 2.27. The third-order valence-electron chi connectivity index (χ3n) is 5.87. The molecule has 0 N–H and O–H groups in total. The molecule has 0 aliphatic carbocycles. The summed E-state index contributed by atoms with van der Waals surface area (Å²) in [7, 11) is 4.07. The van der Waals surface area contributed by atoms with Gasteiger partial charge in [-0.15, -0.1) is 0 Å². The zero-order valence-electron chi connectivity index (χ0n) is 17.7. The molecule has 156 valence electrons. The standard InChI is InChI=1S/C22H27N7O/c1-16-4-5-18-19(10-16)29-17(14-30-15-22(29)25-18)11-28(12-20-23-6-8-26(20)2)13-21-24-7-9-27(21)3/h4-10,17H,11-15H2,1-3H3/t17-/m0/s1. The molecule has 0 saturated carbocycles. The maximum Gasteiger partial charge on any atom is 0.136 e. The Bertz CT molecular complexity index is 1130. The molecule has 0 unspecified atom stereocenters. The molecule has 4 heterocycles. The van der Waals surface area contributed by atoms with Gasteiger partial charge in [0.15, 0.2) is 0 Å². The van der Waals surface area contributed by atoms with Crippen molar-refractivity contribution in [2.45, 2.75) is 32.7 Å². The van der Waals surface area contributed by atoms with E-state index in [1.165, 1.54) is 11.1 Å². The fourth-order valence-electron chi connectivity index (χ4n) is 4.24. The molecule has 1 aliphatic rings. The number of fused-ring (bicyclic) bond motifs is 3. The Labute approximate surface area is 175 Å². The molecule has 0 saturated heterocycles. The van der Waals surface area contributed by atoms with E-state index in [0.717, 1.165) is 42.6 Å². The molecule has 8 nitrogen and oxygen atoms in total. The molecule has 0 bridgehead atoms. The number of nitrogens with zero attached hydrogens (tertiary/aromatic N) is 7. The number of hydrogen-bond donors (Lipinski definition) is 0. The number of rotatable bonds is 6. The Balaban J connectivity index is 1.47. The van der Waals surface area contributed by atoms with Crippen LogP contribution in [-0.2, 0) is 38.5 Å². The lowest BCUT2D eigenvalue weighted by atomic mass is 10.2. The second-order valence-corrected chi connectivity index (χ2v) is 8.14. The van der Waals surface area contributed by atoms with Gasteiger partial charge in [0.2, 0.25) is 0 Å². The van der Waals surface area contributed by atoms with Crippen molar-refractivity contribution < 1.29 is 4.74 Å². The normalized spacial score (nSPS) is 16.5. The van der Waals surface area contributed by atoms with Crippen LogP contribution in [0.25, 0.3) is 11.0 Å². The van der Waals surface area contributed by atoms with Crippen molar-refractivity contribution in [3.63, 3.8) is 0 Å². The van der Waals surface area contributed by atoms with E-state index in [9.17, 15) is 0 Å². The lowest BCUT2D eigenvalue weighted by Crippen LogP contribution is -2.36. The summed E-state index contributed by atoms with van der Waals surface area (Å²) in [5, 5.41) is 0. The number of aryl methyl sites for hydroxylation is 3. The summed E-state index contributed by atoms with van der Waals surface area (Å²) in [6.45, 7) is 5.67. The monoisotopic (exact) mass is 405 g/mol. The van der Waals surface area contributed by atoms with Gasteiger partial charge in [-0.25, -0.2) is 15.0 Å². The molecule has 0 amide bonds. The van der Waals surface area contributed by atoms with Crippen molar-refractivity contribution in [2.24, 2.45) is 14.1 Å². The Morgan fingerprint density at radius 1 is 1.07 bits per heavy atom. The molecule has 30 heavy (non-hydrogen) atoms. The van der Waals surface area contributed by atoms with Gasteiger partial charge in [-0.05, 0) is 24.6 Å². The minimum Gasteiger partial charge on any atom is -0.371 e. The van der Waals surface area contributed by atoms with Gasteiger partial charge in [0.1, 0.15) is 24.1 Å². The van der Waals surface area contributed by atoms with Crippen LogP contribution in [0, 0.1) is 6.92 Å². The highest BCUT2D eigenvalue weighted by Crippen LogP contribution is 2.28. The first kappa shape index (κ1) is 19.0. The molecule has 0 radical (unpaired) electrons. The molecular formula is C22H27N7O. The second kappa shape index (κ2) is 7.70.